The Morgan fingerprint density at radius 3 is 2.41 bits per heavy atom. The first-order valence-corrected chi connectivity index (χ1v) is 8.84. The number of hydrogen-bond acceptors (Lipinski definition) is 8. The van der Waals surface area contributed by atoms with Crippen molar-refractivity contribution >= 4 is 23.0 Å². The summed E-state index contributed by atoms with van der Waals surface area (Å²) in [6.45, 7) is 7.56. The zero-order chi connectivity index (χ0) is 19.8. The van der Waals surface area contributed by atoms with Crippen LogP contribution in [0.3, 0.4) is 0 Å². The summed E-state index contributed by atoms with van der Waals surface area (Å²) in [7, 11) is 3.37. The smallest absolute Gasteiger partial charge is 0.294 e. The Bertz CT molecular complexity index is 752. The summed E-state index contributed by atoms with van der Waals surface area (Å²) in [5.74, 6) is 0.825. The molecule has 27 heavy (non-hydrogen) atoms. The van der Waals surface area contributed by atoms with Gasteiger partial charge in [-0.15, -0.1) is 0 Å². The number of aromatic nitrogens is 2. The lowest BCUT2D eigenvalue weighted by Crippen LogP contribution is -2.33. The van der Waals surface area contributed by atoms with E-state index in [0.717, 1.165) is 19.6 Å². The molecular formula is C18H26N6O3. The fourth-order valence-electron chi connectivity index (χ4n) is 2.71. The second-order valence-electron chi connectivity index (χ2n) is 5.94. The van der Waals surface area contributed by atoms with E-state index in [1.54, 1.807) is 24.5 Å². The predicted octanol–water partition coefficient (Wildman–Crippen LogP) is 2.92. The van der Waals surface area contributed by atoms with Crippen molar-refractivity contribution in [1.82, 2.24) is 14.9 Å². The van der Waals surface area contributed by atoms with E-state index in [-0.39, 0.29) is 10.6 Å². The van der Waals surface area contributed by atoms with Crippen molar-refractivity contribution < 1.29 is 9.66 Å². The molecule has 2 aromatic rings. The monoisotopic (exact) mass is 374 g/mol. The summed E-state index contributed by atoms with van der Waals surface area (Å²) in [5, 5.41) is 14.6. The highest BCUT2D eigenvalue weighted by molar-refractivity contribution is 5.76. The van der Waals surface area contributed by atoms with E-state index in [1.165, 1.54) is 13.2 Å². The van der Waals surface area contributed by atoms with Gasteiger partial charge in [-0.3, -0.25) is 10.1 Å². The van der Waals surface area contributed by atoms with Crippen molar-refractivity contribution in [2.24, 2.45) is 0 Å². The molecule has 9 heteroatoms. The van der Waals surface area contributed by atoms with Crippen LogP contribution in [0.1, 0.15) is 13.8 Å². The van der Waals surface area contributed by atoms with Crippen LogP contribution < -0.4 is 15.0 Å². The highest BCUT2D eigenvalue weighted by Gasteiger charge is 2.22. The average molecular weight is 374 g/mol. The molecule has 0 spiro atoms. The summed E-state index contributed by atoms with van der Waals surface area (Å²) in [5.41, 5.74) is 0.941. The third-order valence-electron chi connectivity index (χ3n) is 4.36. The lowest BCUT2D eigenvalue weighted by atomic mass is 10.2. The number of hydrogen-bond donors (Lipinski definition) is 1. The molecule has 0 aliphatic carbocycles. The van der Waals surface area contributed by atoms with E-state index in [1.807, 2.05) is 11.9 Å². The second kappa shape index (κ2) is 9.67. The third-order valence-corrected chi connectivity index (χ3v) is 4.36. The Morgan fingerprint density at radius 2 is 1.85 bits per heavy atom. The molecule has 146 valence electrons. The first-order chi connectivity index (χ1) is 13.0. The lowest BCUT2D eigenvalue weighted by Gasteiger charge is -2.25. The molecule has 1 aromatic carbocycles. The van der Waals surface area contributed by atoms with Crippen LogP contribution in [0.25, 0.3) is 0 Å². The summed E-state index contributed by atoms with van der Waals surface area (Å²) < 4.78 is 5.43. The molecule has 9 nitrogen and oxygen atoms in total. The molecule has 0 aliphatic heterocycles. The highest BCUT2D eigenvalue weighted by Crippen LogP contribution is 2.38. The zero-order valence-electron chi connectivity index (χ0n) is 16.2. The molecule has 2 rings (SSSR count). The van der Waals surface area contributed by atoms with Gasteiger partial charge in [-0.05, 0) is 19.2 Å². The van der Waals surface area contributed by atoms with Gasteiger partial charge in [0.2, 0.25) is 5.95 Å². The van der Waals surface area contributed by atoms with Gasteiger partial charge in [0.05, 0.1) is 17.7 Å². The number of ether oxygens (including phenoxy) is 1. The van der Waals surface area contributed by atoms with Gasteiger partial charge in [-0.25, -0.2) is 9.97 Å². The number of anilines is 3. The van der Waals surface area contributed by atoms with Gasteiger partial charge >= 0.3 is 0 Å². The van der Waals surface area contributed by atoms with Gasteiger partial charge in [0.25, 0.3) is 5.69 Å². The number of nitrogens with zero attached hydrogens (tertiary/aromatic N) is 5. The van der Waals surface area contributed by atoms with Crippen molar-refractivity contribution in [1.29, 1.82) is 0 Å². The minimum atomic E-state index is -0.389. The van der Waals surface area contributed by atoms with Crippen LogP contribution in [0.4, 0.5) is 23.0 Å². The van der Waals surface area contributed by atoms with Crippen molar-refractivity contribution in [3.8, 4) is 5.75 Å². The van der Waals surface area contributed by atoms with Crippen LogP contribution in [0.15, 0.2) is 30.6 Å². The first kappa shape index (κ1) is 20.4. The molecule has 0 saturated carbocycles. The Morgan fingerprint density at radius 1 is 1.19 bits per heavy atom. The number of benzene rings is 1. The molecular weight excluding hydrogens is 348 g/mol. The number of methoxy groups -OCH3 is 1. The molecule has 0 atom stereocenters. The second-order valence-corrected chi connectivity index (χ2v) is 5.94. The van der Waals surface area contributed by atoms with Gasteiger partial charge in [-0.1, -0.05) is 13.8 Å². The van der Waals surface area contributed by atoms with E-state index in [2.05, 4.69) is 34.0 Å². The predicted molar refractivity (Wildman–Crippen MR) is 106 cm³/mol. The van der Waals surface area contributed by atoms with Crippen molar-refractivity contribution in [3.63, 3.8) is 0 Å². The fourth-order valence-corrected chi connectivity index (χ4v) is 2.71. The van der Waals surface area contributed by atoms with E-state index < -0.39 is 0 Å². The zero-order valence-corrected chi connectivity index (χ0v) is 16.2. The molecule has 1 heterocycles. The van der Waals surface area contributed by atoms with Crippen molar-refractivity contribution in [2.75, 3.05) is 50.6 Å². The van der Waals surface area contributed by atoms with Crippen LogP contribution in [-0.4, -0.2) is 60.1 Å². The maximum Gasteiger partial charge on any atom is 0.294 e. The SMILES string of the molecule is CCN(CC)CCN(C)c1cc(OC)c(Nc2ncccn2)cc1[N+](=O)[O-]. The maximum absolute atomic E-state index is 11.6. The van der Waals surface area contributed by atoms with E-state index >= 15 is 0 Å². The lowest BCUT2D eigenvalue weighted by molar-refractivity contribution is -0.384. The molecule has 0 bridgehead atoms. The quantitative estimate of drug-likeness (QED) is 0.501. The van der Waals surface area contributed by atoms with Crippen LogP contribution in [0, 0.1) is 10.1 Å². The Kier molecular flexibility index (Phi) is 7.30. The Balaban J connectivity index is 2.33. The largest absolute Gasteiger partial charge is 0.494 e. The van der Waals surface area contributed by atoms with Crippen molar-refractivity contribution in [2.45, 2.75) is 13.8 Å². The molecule has 1 N–H and O–H groups in total. The molecule has 0 amide bonds. The normalized spacial score (nSPS) is 10.7. The van der Waals surface area contributed by atoms with Gasteiger partial charge in [0.15, 0.2) is 0 Å². The van der Waals surface area contributed by atoms with Crippen LogP contribution in [-0.2, 0) is 0 Å². The van der Waals surface area contributed by atoms with Crippen molar-refractivity contribution in [3.05, 3.63) is 40.7 Å². The van der Waals surface area contributed by atoms with E-state index in [9.17, 15) is 10.1 Å². The van der Waals surface area contributed by atoms with Crippen LogP contribution in [0.2, 0.25) is 0 Å². The standard InChI is InChI=1S/C18H26N6O3/c1-5-23(6-2)11-10-22(3)15-13-17(27-4)14(12-16(15)24(25)26)21-18-19-8-7-9-20-18/h7-9,12-13H,5-6,10-11H2,1-4H3,(H,19,20,21). The molecule has 1 aromatic heterocycles. The van der Waals surface area contributed by atoms with Gasteiger partial charge < -0.3 is 19.9 Å². The minimum Gasteiger partial charge on any atom is -0.494 e. The Labute approximate surface area is 159 Å². The number of nitrogens with one attached hydrogen (secondary N) is 1. The summed E-state index contributed by atoms with van der Waals surface area (Å²) >= 11 is 0. The third kappa shape index (κ3) is 5.27. The topological polar surface area (TPSA) is 96.7 Å². The van der Waals surface area contributed by atoms with Crippen LogP contribution in [0.5, 0.6) is 5.75 Å². The maximum atomic E-state index is 11.6. The van der Waals surface area contributed by atoms with Gasteiger partial charge in [-0.2, -0.15) is 0 Å². The number of nitro benzene ring substituents is 1. The molecule has 0 unspecified atom stereocenters. The number of rotatable bonds is 10. The summed E-state index contributed by atoms with van der Waals surface area (Å²) in [6, 6.07) is 4.82. The average Bonchev–Trinajstić information content (AvgIpc) is 2.69. The minimum absolute atomic E-state index is 0.00345. The first-order valence-electron chi connectivity index (χ1n) is 8.84. The molecule has 0 saturated heterocycles. The summed E-state index contributed by atoms with van der Waals surface area (Å²) in [4.78, 5) is 23.6. The van der Waals surface area contributed by atoms with Gasteiger partial charge in [0, 0.05) is 44.7 Å². The highest BCUT2D eigenvalue weighted by atomic mass is 16.6. The molecule has 0 radical (unpaired) electrons. The molecule has 0 aliphatic rings. The summed E-state index contributed by atoms with van der Waals surface area (Å²) in [6.07, 6.45) is 3.18. The Hall–Kier alpha value is -2.94. The number of likely N-dealkylation sites (N-methyl/N-ethyl adjacent to an activating group) is 2. The van der Waals surface area contributed by atoms with Crippen LogP contribution >= 0.6 is 0 Å². The molecule has 0 fully saturated rings. The van der Waals surface area contributed by atoms with Gasteiger partial charge in [0.1, 0.15) is 11.4 Å². The number of nitro groups is 1. The van der Waals surface area contributed by atoms with E-state index in [0.29, 0.717) is 29.6 Å². The fraction of sp³-hybridized carbons (Fsp3) is 0.444. The van der Waals surface area contributed by atoms with E-state index in [4.69, 9.17) is 4.74 Å².